The first kappa shape index (κ1) is 7.78. The van der Waals surface area contributed by atoms with Gasteiger partial charge in [0.1, 0.15) is 11.8 Å². The van der Waals surface area contributed by atoms with Crippen molar-refractivity contribution in [2.24, 2.45) is 0 Å². The van der Waals surface area contributed by atoms with Crippen LogP contribution in [0.15, 0.2) is 10.8 Å². The summed E-state index contributed by atoms with van der Waals surface area (Å²) >= 11 is 0. The standard InChI is InChI=1S/C7H10N2O2/c1-5-6(4-11-8-5)7(10)9(2)3/h4H,1-3H3. The number of hydrogen-bond donors (Lipinski definition) is 0. The normalized spacial score (nSPS) is 9.73. The molecule has 60 valence electrons. The van der Waals surface area contributed by atoms with Crippen LogP contribution < -0.4 is 0 Å². The molecule has 0 aliphatic rings. The Morgan fingerprint density at radius 3 is 2.64 bits per heavy atom. The second-order valence-electron chi connectivity index (χ2n) is 2.51. The van der Waals surface area contributed by atoms with E-state index >= 15 is 0 Å². The zero-order chi connectivity index (χ0) is 8.43. The zero-order valence-electron chi connectivity index (χ0n) is 6.79. The van der Waals surface area contributed by atoms with E-state index in [9.17, 15) is 4.79 Å². The number of carbonyl (C=O) groups is 1. The SMILES string of the molecule is Cc1nocc1C(=O)N(C)C. The summed E-state index contributed by atoms with van der Waals surface area (Å²) in [6, 6.07) is 0. The maximum absolute atomic E-state index is 11.3. The van der Waals surface area contributed by atoms with Crippen LogP contribution in [0.1, 0.15) is 16.1 Å². The van der Waals surface area contributed by atoms with Gasteiger partial charge in [0.2, 0.25) is 0 Å². The van der Waals surface area contributed by atoms with E-state index in [2.05, 4.69) is 9.68 Å². The van der Waals surface area contributed by atoms with Crippen LogP contribution in [0.2, 0.25) is 0 Å². The highest BCUT2D eigenvalue weighted by Gasteiger charge is 2.13. The van der Waals surface area contributed by atoms with E-state index < -0.39 is 0 Å². The van der Waals surface area contributed by atoms with Gasteiger partial charge < -0.3 is 9.42 Å². The molecule has 0 N–H and O–H groups in total. The number of carbonyl (C=O) groups excluding carboxylic acids is 1. The van der Waals surface area contributed by atoms with Crippen LogP contribution >= 0.6 is 0 Å². The Morgan fingerprint density at radius 2 is 2.27 bits per heavy atom. The van der Waals surface area contributed by atoms with Gasteiger partial charge >= 0.3 is 0 Å². The molecule has 4 nitrogen and oxygen atoms in total. The molecule has 0 unspecified atom stereocenters. The summed E-state index contributed by atoms with van der Waals surface area (Å²) in [7, 11) is 3.38. The molecule has 1 heterocycles. The van der Waals surface area contributed by atoms with Gasteiger partial charge in [-0.1, -0.05) is 5.16 Å². The van der Waals surface area contributed by atoms with Gasteiger partial charge in [-0.25, -0.2) is 0 Å². The first-order valence-corrected chi connectivity index (χ1v) is 3.25. The molecule has 0 spiro atoms. The van der Waals surface area contributed by atoms with E-state index in [4.69, 9.17) is 0 Å². The van der Waals surface area contributed by atoms with Crippen molar-refractivity contribution in [3.63, 3.8) is 0 Å². The van der Waals surface area contributed by atoms with Gasteiger partial charge in [-0.3, -0.25) is 4.79 Å². The van der Waals surface area contributed by atoms with Crippen molar-refractivity contribution in [2.75, 3.05) is 14.1 Å². The summed E-state index contributed by atoms with van der Waals surface area (Å²) in [4.78, 5) is 12.7. The van der Waals surface area contributed by atoms with Crippen molar-refractivity contribution >= 4 is 5.91 Å². The van der Waals surface area contributed by atoms with Crippen LogP contribution in [0.3, 0.4) is 0 Å². The van der Waals surface area contributed by atoms with E-state index in [-0.39, 0.29) is 5.91 Å². The van der Waals surface area contributed by atoms with Crippen LogP contribution in [0.25, 0.3) is 0 Å². The summed E-state index contributed by atoms with van der Waals surface area (Å²) in [6.45, 7) is 1.74. The summed E-state index contributed by atoms with van der Waals surface area (Å²) in [5.41, 5.74) is 1.15. The number of amides is 1. The molecule has 0 saturated carbocycles. The first-order valence-electron chi connectivity index (χ1n) is 3.25. The molecule has 1 rings (SSSR count). The molecule has 0 saturated heterocycles. The summed E-state index contributed by atoms with van der Waals surface area (Å²) < 4.78 is 4.62. The fourth-order valence-corrected chi connectivity index (χ4v) is 0.739. The lowest BCUT2D eigenvalue weighted by Crippen LogP contribution is -2.21. The Morgan fingerprint density at radius 1 is 1.64 bits per heavy atom. The fourth-order valence-electron chi connectivity index (χ4n) is 0.739. The maximum Gasteiger partial charge on any atom is 0.258 e. The van der Waals surface area contributed by atoms with Gasteiger partial charge in [0.05, 0.1) is 5.69 Å². The zero-order valence-corrected chi connectivity index (χ0v) is 6.79. The Labute approximate surface area is 64.8 Å². The largest absolute Gasteiger partial charge is 0.364 e. The molecule has 0 atom stereocenters. The van der Waals surface area contributed by atoms with E-state index in [0.717, 1.165) is 0 Å². The Kier molecular flexibility index (Phi) is 1.94. The summed E-state index contributed by atoms with van der Waals surface area (Å²) in [5, 5.41) is 3.60. The molecule has 11 heavy (non-hydrogen) atoms. The highest BCUT2D eigenvalue weighted by Crippen LogP contribution is 2.06. The van der Waals surface area contributed by atoms with E-state index in [0.29, 0.717) is 11.3 Å². The minimum Gasteiger partial charge on any atom is -0.364 e. The minimum atomic E-state index is -0.0799. The number of hydrogen-bond acceptors (Lipinski definition) is 3. The molecule has 0 bridgehead atoms. The van der Waals surface area contributed by atoms with E-state index in [1.807, 2.05) is 0 Å². The van der Waals surface area contributed by atoms with Crippen LogP contribution in [0.4, 0.5) is 0 Å². The van der Waals surface area contributed by atoms with Crippen molar-refractivity contribution in [3.05, 3.63) is 17.5 Å². The molecule has 1 aromatic rings. The van der Waals surface area contributed by atoms with E-state index in [1.54, 1.807) is 21.0 Å². The minimum absolute atomic E-state index is 0.0799. The third-order valence-corrected chi connectivity index (χ3v) is 1.39. The molecule has 0 aliphatic heterocycles. The monoisotopic (exact) mass is 154 g/mol. The third-order valence-electron chi connectivity index (χ3n) is 1.39. The molecule has 1 amide bonds. The lowest BCUT2D eigenvalue weighted by atomic mass is 10.2. The molecular weight excluding hydrogens is 144 g/mol. The van der Waals surface area contributed by atoms with Crippen molar-refractivity contribution < 1.29 is 9.32 Å². The molecule has 0 fully saturated rings. The van der Waals surface area contributed by atoms with Gasteiger partial charge in [0.15, 0.2) is 0 Å². The average molecular weight is 154 g/mol. The van der Waals surface area contributed by atoms with Gasteiger partial charge in [-0.05, 0) is 6.92 Å². The van der Waals surface area contributed by atoms with Gasteiger partial charge in [0, 0.05) is 14.1 Å². The molecule has 0 aliphatic carbocycles. The second-order valence-corrected chi connectivity index (χ2v) is 2.51. The molecule has 0 aromatic carbocycles. The highest BCUT2D eigenvalue weighted by molar-refractivity contribution is 5.94. The molecule has 0 radical (unpaired) electrons. The first-order chi connectivity index (χ1) is 5.13. The average Bonchev–Trinajstić information content (AvgIpc) is 2.33. The number of aromatic nitrogens is 1. The fraction of sp³-hybridized carbons (Fsp3) is 0.429. The molecule has 1 aromatic heterocycles. The second kappa shape index (κ2) is 2.74. The quantitative estimate of drug-likeness (QED) is 0.597. The molecule has 4 heteroatoms. The van der Waals surface area contributed by atoms with Crippen molar-refractivity contribution in [3.8, 4) is 0 Å². The van der Waals surface area contributed by atoms with Crippen LogP contribution in [0, 0.1) is 6.92 Å². The van der Waals surface area contributed by atoms with Crippen molar-refractivity contribution in [1.29, 1.82) is 0 Å². The van der Waals surface area contributed by atoms with Crippen LogP contribution in [-0.2, 0) is 0 Å². The number of aryl methyl sites for hydroxylation is 1. The topological polar surface area (TPSA) is 46.3 Å². The number of rotatable bonds is 1. The number of nitrogens with zero attached hydrogens (tertiary/aromatic N) is 2. The van der Waals surface area contributed by atoms with Gasteiger partial charge in [0.25, 0.3) is 5.91 Å². The highest BCUT2D eigenvalue weighted by atomic mass is 16.5. The Hall–Kier alpha value is -1.32. The van der Waals surface area contributed by atoms with Gasteiger partial charge in [-0.2, -0.15) is 0 Å². The van der Waals surface area contributed by atoms with Crippen LogP contribution in [-0.4, -0.2) is 30.1 Å². The van der Waals surface area contributed by atoms with E-state index in [1.165, 1.54) is 11.2 Å². The maximum atomic E-state index is 11.3. The van der Waals surface area contributed by atoms with Gasteiger partial charge in [-0.15, -0.1) is 0 Å². The van der Waals surface area contributed by atoms with Crippen molar-refractivity contribution in [1.82, 2.24) is 10.1 Å². The predicted molar refractivity (Wildman–Crippen MR) is 39.3 cm³/mol. The van der Waals surface area contributed by atoms with Crippen LogP contribution in [0.5, 0.6) is 0 Å². The Balaban J connectivity index is 2.93. The summed E-state index contributed by atoms with van der Waals surface area (Å²) in [5.74, 6) is -0.0799. The predicted octanol–water partition coefficient (Wildman–Crippen LogP) is 0.685. The summed E-state index contributed by atoms with van der Waals surface area (Å²) in [6.07, 6.45) is 1.36. The smallest absolute Gasteiger partial charge is 0.258 e. The lowest BCUT2D eigenvalue weighted by Gasteiger charge is -2.07. The lowest BCUT2D eigenvalue weighted by molar-refractivity contribution is 0.0826. The Bertz CT molecular complexity index is 265. The third kappa shape index (κ3) is 1.39. The molecular formula is C7H10N2O2. The van der Waals surface area contributed by atoms with Crippen molar-refractivity contribution in [2.45, 2.75) is 6.92 Å².